The van der Waals surface area contributed by atoms with Crippen LogP contribution in [0.25, 0.3) is 5.52 Å². The van der Waals surface area contributed by atoms with Gasteiger partial charge in [0.05, 0.1) is 16.6 Å². The largest absolute Gasteiger partial charge is 0.393 e. The van der Waals surface area contributed by atoms with Crippen LogP contribution in [-0.2, 0) is 4.79 Å². The molecule has 1 saturated heterocycles. The standard InChI is InChI=1S/C21H24BrClN4O3/c22-17-10-13(12-1-2-12)9-16-19(23)20(24-27(16)17)21(30)25-7-8-26(18(29)11-25)14-3-5-15(28)6-4-14/h9-10,12,14-15,28H,1-8,11H2/t14-,15-. The zero-order chi connectivity index (χ0) is 21.0. The summed E-state index contributed by atoms with van der Waals surface area (Å²) in [6, 6.07) is 4.20. The Labute approximate surface area is 188 Å². The number of halogens is 2. The number of aliphatic hydroxyl groups excluding tert-OH is 1. The van der Waals surface area contributed by atoms with Crippen LogP contribution in [0.15, 0.2) is 16.7 Å². The predicted molar refractivity (Wildman–Crippen MR) is 116 cm³/mol. The van der Waals surface area contributed by atoms with Gasteiger partial charge in [-0.05, 0) is 78.1 Å². The summed E-state index contributed by atoms with van der Waals surface area (Å²) in [5.41, 5.74) is 2.10. The summed E-state index contributed by atoms with van der Waals surface area (Å²) in [5, 5.41) is 14.5. The Morgan fingerprint density at radius 2 is 1.87 bits per heavy atom. The molecule has 30 heavy (non-hydrogen) atoms. The monoisotopic (exact) mass is 494 g/mol. The van der Waals surface area contributed by atoms with E-state index in [9.17, 15) is 14.7 Å². The Kier molecular flexibility index (Phi) is 5.27. The minimum Gasteiger partial charge on any atom is -0.393 e. The molecule has 3 fully saturated rings. The van der Waals surface area contributed by atoms with Gasteiger partial charge in [0.2, 0.25) is 5.91 Å². The maximum absolute atomic E-state index is 13.2. The molecular formula is C21H24BrClN4O3. The Hall–Kier alpha value is -1.64. The van der Waals surface area contributed by atoms with Gasteiger partial charge in [-0.1, -0.05) is 11.6 Å². The molecule has 1 N–H and O–H groups in total. The van der Waals surface area contributed by atoms with Crippen molar-refractivity contribution in [2.45, 2.75) is 56.6 Å². The van der Waals surface area contributed by atoms with Crippen molar-refractivity contribution in [2.75, 3.05) is 19.6 Å². The number of carbonyl (C=O) groups excluding carboxylic acids is 2. The third-order valence-corrected chi connectivity index (χ3v) is 7.49. The Morgan fingerprint density at radius 1 is 1.13 bits per heavy atom. The smallest absolute Gasteiger partial charge is 0.276 e. The molecule has 0 atom stereocenters. The lowest BCUT2D eigenvalue weighted by Crippen LogP contribution is -2.56. The van der Waals surface area contributed by atoms with Gasteiger partial charge in [-0.25, -0.2) is 4.52 Å². The zero-order valence-corrected chi connectivity index (χ0v) is 18.9. The zero-order valence-electron chi connectivity index (χ0n) is 16.6. The highest BCUT2D eigenvalue weighted by Gasteiger charge is 2.35. The van der Waals surface area contributed by atoms with E-state index < -0.39 is 0 Å². The summed E-state index contributed by atoms with van der Waals surface area (Å²) >= 11 is 10.1. The molecule has 3 heterocycles. The maximum Gasteiger partial charge on any atom is 0.276 e. The van der Waals surface area contributed by atoms with Crippen LogP contribution in [0.5, 0.6) is 0 Å². The van der Waals surface area contributed by atoms with Crippen LogP contribution in [0, 0.1) is 0 Å². The number of piperazine rings is 1. The maximum atomic E-state index is 13.2. The van der Waals surface area contributed by atoms with Gasteiger partial charge in [-0.15, -0.1) is 0 Å². The quantitative estimate of drug-likeness (QED) is 0.663. The molecule has 2 aromatic rings. The highest BCUT2D eigenvalue weighted by molar-refractivity contribution is 9.10. The second-order valence-electron chi connectivity index (χ2n) is 8.62. The number of fused-ring (bicyclic) bond motifs is 1. The van der Waals surface area contributed by atoms with Crippen LogP contribution in [-0.4, -0.2) is 68.1 Å². The Bertz CT molecular complexity index is 1010. The molecule has 9 heteroatoms. The number of hydrogen-bond donors (Lipinski definition) is 1. The summed E-state index contributed by atoms with van der Waals surface area (Å²) in [5.74, 6) is 0.201. The van der Waals surface area contributed by atoms with Gasteiger partial charge in [0, 0.05) is 19.1 Å². The van der Waals surface area contributed by atoms with Gasteiger partial charge in [0.25, 0.3) is 5.91 Å². The SMILES string of the molecule is O=C(c1nn2c(Br)cc(C3CC3)cc2c1Cl)N1CCN([C@H]2CC[C@H](O)CC2)C(=O)C1. The first-order chi connectivity index (χ1) is 14.4. The lowest BCUT2D eigenvalue weighted by molar-refractivity contribution is -0.138. The van der Waals surface area contributed by atoms with Gasteiger partial charge < -0.3 is 14.9 Å². The van der Waals surface area contributed by atoms with E-state index in [1.54, 1.807) is 9.42 Å². The van der Waals surface area contributed by atoms with E-state index in [1.165, 1.54) is 18.4 Å². The van der Waals surface area contributed by atoms with E-state index >= 15 is 0 Å². The summed E-state index contributed by atoms with van der Waals surface area (Å²) < 4.78 is 2.41. The number of rotatable bonds is 3. The average Bonchev–Trinajstić information content (AvgIpc) is 3.53. The molecule has 1 aliphatic heterocycles. The summed E-state index contributed by atoms with van der Waals surface area (Å²) in [4.78, 5) is 29.3. The van der Waals surface area contributed by atoms with E-state index in [4.69, 9.17) is 11.6 Å². The fraction of sp³-hybridized carbons (Fsp3) is 0.571. The molecule has 7 nitrogen and oxygen atoms in total. The number of aliphatic hydroxyl groups is 1. The Balaban J connectivity index is 1.34. The number of aromatic nitrogens is 2. The van der Waals surface area contributed by atoms with E-state index in [-0.39, 0.29) is 36.2 Å². The highest BCUT2D eigenvalue weighted by Crippen LogP contribution is 2.42. The molecular weight excluding hydrogens is 472 g/mol. The lowest BCUT2D eigenvalue weighted by Gasteiger charge is -2.41. The van der Waals surface area contributed by atoms with Crippen molar-refractivity contribution in [2.24, 2.45) is 0 Å². The van der Waals surface area contributed by atoms with Gasteiger partial charge in [0.15, 0.2) is 5.69 Å². The van der Waals surface area contributed by atoms with Crippen LogP contribution in [0.2, 0.25) is 5.02 Å². The number of pyridine rings is 1. The van der Waals surface area contributed by atoms with Crippen LogP contribution >= 0.6 is 27.5 Å². The number of carbonyl (C=O) groups is 2. The first-order valence-corrected chi connectivity index (χ1v) is 11.7. The van der Waals surface area contributed by atoms with E-state index in [1.807, 2.05) is 17.0 Å². The lowest BCUT2D eigenvalue weighted by atomic mass is 9.91. The normalized spacial score (nSPS) is 25.2. The first-order valence-electron chi connectivity index (χ1n) is 10.6. The van der Waals surface area contributed by atoms with Gasteiger partial charge in [-0.3, -0.25) is 9.59 Å². The van der Waals surface area contributed by atoms with Crippen LogP contribution in [0.4, 0.5) is 0 Å². The van der Waals surface area contributed by atoms with Gasteiger partial charge in [0.1, 0.15) is 11.1 Å². The fourth-order valence-corrected chi connectivity index (χ4v) is 5.44. The Morgan fingerprint density at radius 3 is 2.53 bits per heavy atom. The second-order valence-corrected chi connectivity index (χ2v) is 9.81. The molecule has 5 rings (SSSR count). The summed E-state index contributed by atoms with van der Waals surface area (Å²) in [6.45, 7) is 1.00. The third-order valence-electron chi connectivity index (χ3n) is 6.56. The fourth-order valence-electron chi connectivity index (χ4n) is 4.65. The van der Waals surface area contributed by atoms with Gasteiger partial charge >= 0.3 is 0 Å². The molecule has 3 aliphatic rings. The molecule has 2 aliphatic carbocycles. The molecule has 160 valence electrons. The topological polar surface area (TPSA) is 78.2 Å². The van der Waals surface area contributed by atoms with Crippen LogP contribution in [0.1, 0.15) is 60.5 Å². The van der Waals surface area contributed by atoms with E-state index in [0.29, 0.717) is 29.5 Å². The van der Waals surface area contributed by atoms with Crippen molar-refractivity contribution in [3.63, 3.8) is 0 Å². The summed E-state index contributed by atoms with van der Waals surface area (Å²) in [6.07, 6.45) is 5.18. The van der Waals surface area contributed by atoms with Crippen LogP contribution in [0.3, 0.4) is 0 Å². The molecule has 0 aromatic carbocycles. The number of hydrogen-bond acceptors (Lipinski definition) is 4. The number of nitrogens with zero attached hydrogens (tertiary/aromatic N) is 4. The molecule has 2 amide bonds. The molecule has 0 spiro atoms. The first kappa shape index (κ1) is 20.3. The molecule has 2 aromatic heterocycles. The van der Waals surface area contributed by atoms with Crippen molar-refractivity contribution >= 4 is 44.9 Å². The molecule has 0 radical (unpaired) electrons. The predicted octanol–water partition coefficient (Wildman–Crippen LogP) is 3.22. The van der Waals surface area contributed by atoms with Crippen molar-refractivity contribution in [3.05, 3.63) is 33.0 Å². The van der Waals surface area contributed by atoms with Crippen molar-refractivity contribution in [1.29, 1.82) is 0 Å². The van der Waals surface area contributed by atoms with E-state index in [0.717, 1.165) is 30.3 Å². The highest BCUT2D eigenvalue weighted by atomic mass is 79.9. The van der Waals surface area contributed by atoms with Crippen molar-refractivity contribution in [1.82, 2.24) is 19.4 Å². The summed E-state index contributed by atoms with van der Waals surface area (Å²) in [7, 11) is 0. The van der Waals surface area contributed by atoms with Crippen molar-refractivity contribution < 1.29 is 14.7 Å². The second kappa shape index (κ2) is 7.80. The third kappa shape index (κ3) is 3.63. The van der Waals surface area contributed by atoms with Crippen molar-refractivity contribution in [3.8, 4) is 0 Å². The van der Waals surface area contributed by atoms with Crippen LogP contribution < -0.4 is 0 Å². The number of amides is 2. The minimum absolute atomic E-state index is 0.0383. The van der Waals surface area contributed by atoms with Gasteiger partial charge in [-0.2, -0.15) is 5.10 Å². The molecule has 2 saturated carbocycles. The molecule has 0 unspecified atom stereocenters. The average molecular weight is 496 g/mol. The van der Waals surface area contributed by atoms with E-state index in [2.05, 4.69) is 21.0 Å². The molecule has 0 bridgehead atoms. The minimum atomic E-state index is -0.310.